The number of rotatable bonds is 3. The van der Waals surface area contributed by atoms with Crippen molar-refractivity contribution < 1.29 is 4.99 Å². The molecule has 0 saturated carbocycles. The molecule has 4 nitrogen and oxygen atoms in total. The van der Waals surface area contributed by atoms with Gasteiger partial charge in [0.2, 0.25) is 0 Å². The van der Waals surface area contributed by atoms with Crippen LogP contribution in [0.2, 0.25) is 0 Å². The molecule has 3 heterocycles. The average Bonchev–Trinajstić information content (AvgIpc) is 3.64. The SMILES string of the molecule is c1ccc(-c2ccc3c(c2)c2ccccc2n3C2=NC(c3ccc4c(c3)sc3ccccc34)=[NH+]C(c3ccccc3)N2)cc1. The fourth-order valence-corrected chi connectivity index (χ4v) is 7.58. The maximum Gasteiger partial charge on any atom is 0.330 e. The van der Waals surface area contributed by atoms with Gasteiger partial charge >= 0.3 is 11.8 Å². The monoisotopic (exact) mass is 583 g/mol. The number of benzene rings is 6. The number of nitrogens with zero attached hydrogens (tertiary/aromatic N) is 2. The van der Waals surface area contributed by atoms with Crippen LogP contribution in [0.5, 0.6) is 0 Å². The second-order valence-electron chi connectivity index (χ2n) is 11.2. The molecule has 1 atom stereocenters. The molecule has 0 radical (unpaired) electrons. The van der Waals surface area contributed by atoms with Crippen LogP contribution in [0, 0.1) is 0 Å². The second-order valence-corrected chi connectivity index (χ2v) is 12.3. The van der Waals surface area contributed by atoms with Crippen molar-refractivity contribution in [2.24, 2.45) is 4.99 Å². The molecule has 0 spiro atoms. The molecule has 9 rings (SSSR count). The van der Waals surface area contributed by atoms with Crippen molar-refractivity contribution in [2.45, 2.75) is 6.17 Å². The first-order chi connectivity index (χ1) is 21.8. The van der Waals surface area contributed by atoms with Gasteiger partial charge in [-0.05, 0) is 52.5 Å². The minimum atomic E-state index is -0.156. The van der Waals surface area contributed by atoms with Crippen LogP contribution in [0.3, 0.4) is 0 Å². The topological polar surface area (TPSA) is 43.3 Å². The lowest BCUT2D eigenvalue weighted by molar-refractivity contribution is -0.516. The Hall–Kier alpha value is -5.52. The van der Waals surface area contributed by atoms with Gasteiger partial charge < -0.3 is 0 Å². The summed E-state index contributed by atoms with van der Waals surface area (Å²) in [6.45, 7) is 0. The Morgan fingerprint density at radius 2 is 1.23 bits per heavy atom. The average molecular weight is 584 g/mol. The van der Waals surface area contributed by atoms with Gasteiger partial charge in [0.25, 0.3) is 0 Å². The molecule has 208 valence electrons. The third kappa shape index (κ3) is 4.05. The van der Waals surface area contributed by atoms with Crippen LogP contribution in [-0.4, -0.2) is 16.4 Å². The van der Waals surface area contributed by atoms with E-state index in [1.807, 2.05) is 11.3 Å². The molecule has 0 fully saturated rings. The summed E-state index contributed by atoms with van der Waals surface area (Å²) in [5, 5.41) is 8.73. The van der Waals surface area contributed by atoms with Crippen molar-refractivity contribution in [3.63, 3.8) is 0 Å². The molecule has 0 amide bonds. The van der Waals surface area contributed by atoms with E-state index in [1.165, 1.54) is 42.1 Å². The molecule has 5 heteroatoms. The Morgan fingerprint density at radius 3 is 2.09 bits per heavy atom. The first-order valence-corrected chi connectivity index (χ1v) is 15.7. The number of hydrogen-bond acceptors (Lipinski definition) is 3. The van der Waals surface area contributed by atoms with E-state index in [9.17, 15) is 0 Å². The smallest absolute Gasteiger partial charge is 0.291 e. The maximum atomic E-state index is 5.29. The number of thiophene rings is 1. The molecule has 1 aliphatic heterocycles. The molecular weight excluding hydrogens is 557 g/mol. The number of hydrogen-bond donors (Lipinski definition) is 2. The van der Waals surface area contributed by atoms with Crippen molar-refractivity contribution in [2.75, 3.05) is 0 Å². The van der Waals surface area contributed by atoms with Crippen LogP contribution >= 0.6 is 11.3 Å². The summed E-state index contributed by atoms with van der Waals surface area (Å²) in [7, 11) is 0. The van der Waals surface area contributed by atoms with Gasteiger partial charge in [-0.1, -0.05) is 109 Å². The zero-order chi connectivity index (χ0) is 29.0. The zero-order valence-corrected chi connectivity index (χ0v) is 24.6. The lowest BCUT2D eigenvalue weighted by atomic mass is 10.0. The van der Waals surface area contributed by atoms with Gasteiger partial charge in [0.15, 0.2) is 6.17 Å². The fraction of sp³-hybridized carbons (Fsp3) is 0.0256. The predicted molar refractivity (Wildman–Crippen MR) is 184 cm³/mol. The molecule has 2 N–H and O–H groups in total. The molecular formula is C39H27N4S+. The number of amidine groups is 1. The molecule has 0 saturated heterocycles. The highest BCUT2D eigenvalue weighted by atomic mass is 32.1. The molecule has 1 aliphatic rings. The van der Waals surface area contributed by atoms with Crippen molar-refractivity contribution in [3.8, 4) is 11.1 Å². The third-order valence-corrected chi connectivity index (χ3v) is 9.68. The van der Waals surface area contributed by atoms with E-state index in [-0.39, 0.29) is 6.17 Å². The minimum Gasteiger partial charge on any atom is -0.291 e. The van der Waals surface area contributed by atoms with Crippen LogP contribution in [0.25, 0.3) is 53.1 Å². The third-order valence-electron chi connectivity index (χ3n) is 8.55. The van der Waals surface area contributed by atoms with Crippen LogP contribution in [0.1, 0.15) is 17.3 Å². The lowest BCUT2D eigenvalue weighted by Crippen LogP contribution is -2.81. The number of fused-ring (bicyclic) bond motifs is 6. The van der Waals surface area contributed by atoms with E-state index in [1.54, 1.807) is 0 Å². The van der Waals surface area contributed by atoms with Crippen LogP contribution in [0.15, 0.2) is 151 Å². The van der Waals surface area contributed by atoms with Crippen LogP contribution in [0.4, 0.5) is 0 Å². The number of aromatic nitrogens is 1. The normalized spacial score (nSPS) is 15.0. The largest absolute Gasteiger partial charge is 0.330 e. The van der Waals surface area contributed by atoms with Gasteiger partial charge in [-0.15, -0.1) is 11.3 Å². The molecule has 2 aromatic heterocycles. The number of aliphatic imine (C=N–C) groups is 1. The first-order valence-electron chi connectivity index (χ1n) is 14.8. The second kappa shape index (κ2) is 10.0. The molecule has 44 heavy (non-hydrogen) atoms. The highest BCUT2D eigenvalue weighted by molar-refractivity contribution is 7.25. The van der Waals surface area contributed by atoms with Gasteiger partial charge in [-0.25, -0.2) is 4.99 Å². The molecule has 0 aliphatic carbocycles. The minimum absolute atomic E-state index is 0.156. The van der Waals surface area contributed by atoms with Gasteiger partial charge in [0.1, 0.15) is 0 Å². The highest BCUT2D eigenvalue weighted by Crippen LogP contribution is 2.35. The molecule has 8 aromatic rings. The van der Waals surface area contributed by atoms with Gasteiger partial charge in [-0.3, -0.25) is 9.88 Å². The number of nitrogens with one attached hydrogen (secondary N) is 2. The van der Waals surface area contributed by atoms with Crippen LogP contribution < -0.4 is 10.3 Å². The quantitative estimate of drug-likeness (QED) is 0.219. The summed E-state index contributed by atoms with van der Waals surface area (Å²) in [4.78, 5) is 9.00. The Bertz CT molecular complexity index is 2420. The Morgan fingerprint density at radius 1 is 0.545 bits per heavy atom. The lowest BCUT2D eigenvalue weighted by Gasteiger charge is -2.19. The van der Waals surface area contributed by atoms with Crippen molar-refractivity contribution in [3.05, 3.63) is 157 Å². The number of para-hydroxylation sites is 1. The molecule has 0 bridgehead atoms. The first kappa shape index (κ1) is 25.0. The summed E-state index contributed by atoms with van der Waals surface area (Å²) in [5.74, 6) is 1.64. The van der Waals surface area contributed by atoms with E-state index in [0.29, 0.717) is 0 Å². The molecule has 1 unspecified atom stereocenters. The summed E-state index contributed by atoms with van der Waals surface area (Å²) < 4.78 is 4.83. The highest BCUT2D eigenvalue weighted by Gasteiger charge is 2.30. The van der Waals surface area contributed by atoms with Gasteiger partial charge in [0, 0.05) is 36.5 Å². The predicted octanol–water partition coefficient (Wildman–Crippen LogP) is 7.86. The standard InChI is InChI=1S/C39H26N4S/c1-3-11-25(12-4-1)27-20-22-34-32(23-27)29-15-7-9-17-33(29)43(34)39-41-37(26-13-5-2-6-14-26)40-38(42-39)28-19-21-31-30-16-8-10-18-35(30)44-36(31)24-28/h1-24,37H,(H,40,41,42)/p+1. The van der Waals surface area contributed by atoms with Crippen molar-refractivity contribution >= 4 is 65.1 Å². The summed E-state index contributed by atoms with van der Waals surface area (Å²) in [6, 6.07) is 51.8. The van der Waals surface area contributed by atoms with Crippen molar-refractivity contribution in [1.29, 1.82) is 0 Å². The van der Waals surface area contributed by atoms with Gasteiger partial charge in [-0.2, -0.15) is 0 Å². The van der Waals surface area contributed by atoms with Crippen LogP contribution in [-0.2, 0) is 0 Å². The Kier molecular flexibility index (Phi) is 5.71. The molecule has 6 aromatic carbocycles. The Balaban J connectivity index is 1.25. The fourth-order valence-electron chi connectivity index (χ4n) is 6.43. The Labute approximate surface area is 258 Å². The van der Waals surface area contributed by atoms with E-state index < -0.39 is 0 Å². The van der Waals surface area contributed by atoms with E-state index in [2.05, 4.69) is 160 Å². The zero-order valence-electron chi connectivity index (χ0n) is 23.7. The van der Waals surface area contributed by atoms with E-state index in [4.69, 9.17) is 4.99 Å². The van der Waals surface area contributed by atoms with Crippen molar-refractivity contribution in [1.82, 2.24) is 9.88 Å². The summed E-state index contributed by atoms with van der Waals surface area (Å²) >= 11 is 1.83. The van der Waals surface area contributed by atoms with E-state index >= 15 is 0 Å². The maximum absolute atomic E-state index is 5.29. The van der Waals surface area contributed by atoms with E-state index in [0.717, 1.165) is 34.0 Å². The summed E-state index contributed by atoms with van der Waals surface area (Å²) in [6.07, 6.45) is -0.156. The van der Waals surface area contributed by atoms with Gasteiger partial charge in [0.05, 0.1) is 16.6 Å². The summed E-state index contributed by atoms with van der Waals surface area (Å²) in [5.41, 5.74) is 6.85.